The molecule has 1 saturated heterocycles. The Kier molecular flexibility index (Phi) is 4.79. The summed E-state index contributed by atoms with van der Waals surface area (Å²) in [4.78, 5) is 39.2. The van der Waals surface area contributed by atoms with Gasteiger partial charge in [-0.15, -0.1) is 0 Å². The molecule has 1 aromatic heterocycles. The van der Waals surface area contributed by atoms with Gasteiger partial charge in [-0.05, 0) is 24.6 Å². The van der Waals surface area contributed by atoms with Crippen molar-refractivity contribution in [2.45, 2.75) is 13.5 Å². The summed E-state index contributed by atoms with van der Waals surface area (Å²) in [5.74, 6) is -0.884. The van der Waals surface area contributed by atoms with Gasteiger partial charge in [-0.25, -0.2) is 4.79 Å². The molecular weight excluding hydrogens is 376 g/mol. The molecule has 3 aromatic rings. The second-order valence-electron chi connectivity index (χ2n) is 7.02. The van der Waals surface area contributed by atoms with Crippen LogP contribution in [-0.2, 0) is 11.3 Å². The molecule has 0 unspecified atom stereocenters. The Bertz CT molecular complexity index is 1140. The van der Waals surface area contributed by atoms with Crippen LogP contribution in [0.15, 0.2) is 51.7 Å². The van der Waals surface area contributed by atoms with Gasteiger partial charge in [-0.2, -0.15) is 0 Å². The van der Waals surface area contributed by atoms with Crippen molar-refractivity contribution in [2.24, 2.45) is 0 Å². The van der Waals surface area contributed by atoms with Gasteiger partial charge in [0.05, 0.1) is 16.5 Å². The quantitative estimate of drug-likeness (QED) is 0.495. The molecule has 0 N–H and O–H groups in total. The molecule has 0 aliphatic carbocycles. The number of piperazine rings is 1. The molecule has 150 valence electrons. The summed E-state index contributed by atoms with van der Waals surface area (Å²) in [5, 5.41) is 10.9. The van der Waals surface area contributed by atoms with E-state index in [0.29, 0.717) is 31.7 Å². The molecule has 2 heterocycles. The first-order valence-electron chi connectivity index (χ1n) is 9.30. The first-order valence-corrected chi connectivity index (χ1v) is 9.30. The number of amides is 1. The van der Waals surface area contributed by atoms with Crippen LogP contribution in [0.2, 0.25) is 0 Å². The minimum absolute atomic E-state index is 0.0985. The van der Waals surface area contributed by atoms with Crippen molar-refractivity contribution in [3.8, 4) is 0 Å². The molecule has 0 saturated carbocycles. The smallest absolute Gasteiger partial charge is 0.407 e. The van der Waals surface area contributed by atoms with Gasteiger partial charge in [-0.3, -0.25) is 19.5 Å². The summed E-state index contributed by atoms with van der Waals surface area (Å²) in [7, 11) is 0. The van der Waals surface area contributed by atoms with E-state index in [4.69, 9.17) is 4.42 Å². The van der Waals surface area contributed by atoms with Crippen LogP contribution >= 0.6 is 0 Å². The van der Waals surface area contributed by atoms with Gasteiger partial charge in [0, 0.05) is 37.9 Å². The number of carbonyl (C=O) groups excluding carboxylic acids is 1. The molecule has 1 fully saturated rings. The minimum atomic E-state index is -0.701. The summed E-state index contributed by atoms with van der Waals surface area (Å²) in [6.45, 7) is 4.45. The van der Waals surface area contributed by atoms with Crippen LogP contribution in [0.25, 0.3) is 11.1 Å². The topological polar surface area (TPSA) is 102 Å². The third kappa shape index (κ3) is 3.58. The van der Waals surface area contributed by atoms with Gasteiger partial charge in [-0.1, -0.05) is 18.2 Å². The Balaban J connectivity index is 1.47. The van der Waals surface area contributed by atoms with E-state index < -0.39 is 10.7 Å². The maximum absolute atomic E-state index is 12.7. The van der Waals surface area contributed by atoms with Crippen LogP contribution in [0, 0.1) is 17.0 Å². The van der Waals surface area contributed by atoms with E-state index in [1.54, 1.807) is 4.90 Å². The third-order valence-electron chi connectivity index (χ3n) is 5.24. The first kappa shape index (κ1) is 18.7. The molecular formula is C20H20N4O5. The van der Waals surface area contributed by atoms with Gasteiger partial charge in [0.15, 0.2) is 5.58 Å². The fraction of sp³-hybridized carbons (Fsp3) is 0.300. The molecule has 2 aromatic carbocycles. The number of fused-ring (bicyclic) bond motifs is 1. The monoisotopic (exact) mass is 396 g/mol. The lowest BCUT2D eigenvalue weighted by Crippen LogP contribution is -2.50. The number of nitro groups is 1. The third-order valence-corrected chi connectivity index (χ3v) is 5.24. The second kappa shape index (κ2) is 7.42. The largest absolute Gasteiger partial charge is 0.420 e. The van der Waals surface area contributed by atoms with E-state index in [-0.39, 0.29) is 23.7 Å². The molecule has 1 aliphatic rings. The van der Waals surface area contributed by atoms with E-state index >= 15 is 0 Å². The summed E-state index contributed by atoms with van der Waals surface area (Å²) in [6, 6.07) is 12.1. The van der Waals surface area contributed by atoms with Crippen molar-refractivity contribution < 1.29 is 14.1 Å². The number of aromatic nitrogens is 1. The zero-order valence-electron chi connectivity index (χ0n) is 15.9. The Labute approximate surface area is 165 Å². The highest BCUT2D eigenvalue weighted by Crippen LogP contribution is 2.22. The lowest BCUT2D eigenvalue weighted by atomic mass is 10.1. The number of aryl methyl sites for hydroxylation is 1. The van der Waals surface area contributed by atoms with Crippen molar-refractivity contribution in [3.05, 3.63) is 68.7 Å². The minimum Gasteiger partial charge on any atom is -0.407 e. The Morgan fingerprint density at radius 1 is 1.14 bits per heavy atom. The lowest BCUT2D eigenvalue weighted by molar-refractivity contribution is -0.384. The SMILES string of the molecule is Cc1ccccc1N1CCN(C(=O)Cn2c(=O)oc3cc([N+](=O)[O-])ccc32)CC1. The van der Waals surface area contributed by atoms with Crippen LogP contribution in [0.4, 0.5) is 11.4 Å². The van der Waals surface area contributed by atoms with E-state index in [1.807, 2.05) is 12.1 Å². The number of anilines is 1. The molecule has 1 amide bonds. The number of rotatable bonds is 4. The summed E-state index contributed by atoms with van der Waals surface area (Å²) in [6.07, 6.45) is 0. The Hall–Kier alpha value is -3.62. The summed E-state index contributed by atoms with van der Waals surface area (Å²) < 4.78 is 6.31. The molecule has 9 nitrogen and oxygen atoms in total. The van der Waals surface area contributed by atoms with Crippen LogP contribution < -0.4 is 10.7 Å². The van der Waals surface area contributed by atoms with Gasteiger partial charge in [0.1, 0.15) is 6.54 Å². The molecule has 29 heavy (non-hydrogen) atoms. The molecule has 0 atom stereocenters. The van der Waals surface area contributed by atoms with Crippen molar-refractivity contribution >= 4 is 28.4 Å². The average Bonchev–Trinajstić information content (AvgIpc) is 3.03. The van der Waals surface area contributed by atoms with Crippen molar-refractivity contribution in [2.75, 3.05) is 31.1 Å². The fourth-order valence-electron chi connectivity index (χ4n) is 3.67. The average molecular weight is 396 g/mol. The van der Waals surface area contributed by atoms with Crippen LogP contribution in [0.1, 0.15) is 5.56 Å². The number of carbonyl (C=O) groups is 1. The highest BCUT2D eigenvalue weighted by Gasteiger charge is 2.24. The Morgan fingerprint density at radius 3 is 2.55 bits per heavy atom. The number of oxazole rings is 1. The maximum Gasteiger partial charge on any atom is 0.420 e. The molecule has 0 radical (unpaired) electrons. The number of para-hydroxylation sites is 1. The Morgan fingerprint density at radius 2 is 1.86 bits per heavy atom. The van der Waals surface area contributed by atoms with Crippen LogP contribution in [0.3, 0.4) is 0 Å². The van der Waals surface area contributed by atoms with E-state index in [0.717, 1.165) is 0 Å². The maximum atomic E-state index is 12.7. The predicted molar refractivity (Wildman–Crippen MR) is 107 cm³/mol. The number of nitro benzene ring substituents is 1. The number of benzene rings is 2. The number of non-ortho nitro benzene ring substituents is 1. The molecule has 0 spiro atoms. The second-order valence-corrected chi connectivity index (χ2v) is 7.02. The van der Waals surface area contributed by atoms with Crippen molar-refractivity contribution in [3.63, 3.8) is 0 Å². The summed E-state index contributed by atoms with van der Waals surface area (Å²) >= 11 is 0. The first-order chi connectivity index (χ1) is 13.9. The van der Waals surface area contributed by atoms with E-state index in [2.05, 4.69) is 24.0 Å². The van der Waals surface area contributed by atoms with Gasteiger partial charge >= 0.3 is 5.76 Å². The van der Waals surface area contributed by atoms with Crippen LogP contribution in [-0.4, -0.2) is 46.5 Å². The van der Waals surface area contributed by atoms with Crippen molar-refractivity contribution in [1.82, 2.24) is 9.47 Å². The van der Waals surface area contributed by atoms with Crippen LogP contribution in [0.5, 0.6) is 0 Å². The van der Waals surface area contributed by atoms with Crippen molar-refractivity contribution in [1.29, 1.82) is 0 Å². The predicted octanol–water partition coefficient (Wildman–Crippen LogP) is 2.16. The highest BCUT2D eigenvalue weighted by molar-refractivity contribution is 5.81. The zero-order valence-corrected chi connectivity index (χ0v) is 15.9. The van der Waals surface area contributed by atoms with E-state index in [1.165, 1.54) is 34.0 Å². The van der Waals surface area contributed by atoms with E-state index in [9.17, 15) is 19.7 Å². The fourth-order valence-corrected chi connectivity index (χ4v) is 3.67. The zero-order chi connectivity index (χ0) is 20.5. The van der Waals surface area contributed by atoms with Gasteiger partial charge in [0.25, 0.3) is 5.69 Å². The standard InChI is InChI=1S/C20H20N4O5/c1-14-4-2-3-5-16(14)21-8-10-22(11-9-21)19(25)13-23-17-7-6-15(24(27)28)12-18(17)29-20(23)26/h2-7,12H,8-11,13H2,1H3. The van der Waals surface area contributed by atoms with Gasteiger partial charge < -0.3 is 14.2 Å². The number of nitrogens with zero attached hydrogens (tertiary/aromatic N) is 4. The lowest BCUT2D eigenvalue weighted by Gasteiger charge is -2.36. The molecule has 4 rings (SSSR count). The summed E-state index contributed by atoms with van der Waals surface area (Å²) in [5.41, 5.74) is 2.65. The molecule has 9 heteroatoms. The molecule has 0 bridgehead atoms. The molecule has 1 aliphatic heterocycles. The highest BCUT2D eigenvalue weighted by atomic mass is 16.6. The normalized spacial score (nSPS) is 14.4. The van der Waals surface area contributed by atoms with Gasteiger partial charge in [0.2, 0.25) is 5.91 Å². The number of hydrogen-bond acceptors (Lipinski definition) is 6. The number of hydrogen-bond donors (Lipinski definition) is 0.